The molecule has 8 nitrogen and oxygen atoms in total. The molecule has 0 aliphatic carbocycles. The third-order valence-corrected chi connectivity index (χ3v) is 5.18. The molecule has 29 heavy (non-hydrogen) atoms. The van der Waals surface area contributed by atoms with Crippen LogP contribution in [0.25, 0.3) is 6.08 Å². The highest BCUT2D eigenvalue weighted by Gasteiger charge is 2.34. The number of furan rings is 1. The fourth-order valence-electron chi connectivity index (χ4n) is 2.41. The van der Waals surface area contributed by atoms with Crippen molar-refractivity contribution in [2.24, 2.45) is 0 Å². The molecule has 0 bridgehead atoms. The summed E-state index contributed by atoms with van der Waals surface area (Å²) in [6, 6.07) is 8.33. The van der Waals surface area contributed by atoms with Crippen LogP contribution in [-0.2, 0) is 9.59 Å². The van der Waals surface area contributed by atoms with Gasteiger partial charge in [0.15, 0.2) is 4.32 Å². The first-order chi connectivity index (χ1) is 13.8. The first kappa shape index (κ1) is 20.6. The van der Waals surface area contributed by atoms with Gasteiger partial charge in [-0.1, -0.05) is 23.9 Å². The van der Waals surface area contributed by atoms with Crippen molar-refractivity contribution in [3.05, 3.63) is 58.4 Å². The van der Waals surface area contributed by atoms with Gasteiger partial charge in [-0.25, -0.2) is 0 Å². The van der Waals surface area contributed by atoms with Gasteiger partial charge in [-0.2, -0.15) is 5.01 Å². The molecule has 150 valence electrons. The SMILES string of the molecule is Cc1occc1C(=O)NN1C(=O)/C(=C\c2ccc(OCCC(=O)O)cc2)SC1=S. The Kier molecular flexibility index (Phi) is 6.35. The number of thioether (sulfide) groups is 1. The quantitative estimate of drug-likeness (QED) is 0.508. The van der Waals surface area contributed by atoms with Gasteiger partial charge < -0.3 is 14.3 Å². The first-order valence-electron chi connectivity index (χ1n) is 8.43. The molecule has 10 heteroatoms. The summed E-state index contributed by atoms with van der Waals surface area (Å²) < 4.78 is 10.6. The highest BCUT2D eigenvalue weighted by molar-refractivity contribution is 8.26. The van der Waals surface area contributed by atoms with Crippen molar-refractivity contribution in [2.75, 3.05) is 6.61 Å². The fourth-order valence-corrected chi connectivity index (χ4v) is 3.59. The molecule has 2 aromatic rings. The number of ether oxygens (including phenoxy) is 1. The van der Waals surface area contributed by atoms with Gasteiger partial charge in [0.25, 0.3) is 11.8 Å². The van der Waals surface area contributed by atoms with E-state index in [-0.39, 0.29) is 17.3 Å². The van der Waals surface area contributed by atoms with Crippen LogP contribution >= 0.6 is 24.0 Å². The predicted octanol–water partition coefficient (Wildman–Crippen LogP) is 2.99. The van der Waals surface area contributed by atoms with Gasteiger partial charge in [0.05, 0.1) is 29.8 Å². The van der Waals surface area contributed by atoms with E-state index in [2.05, 4.69) is 5.43 Å². The Labute approximate surface area is 175 Å². The summed E-state index contributed by atoms with van der Waals surface area (Å²) in [5.74, 6) is -0.889. The van der Waals surface area contributed by atoms with E-state index in [1.807, 2.05) is 0 Å². The highest BCUT2D eigenvalue weighted by atomic mass is 32.2. The molecule has 0 saturated carbocycles. The van der Waals surface area contributed by atoms with E-state index in [4.69, 9.17) is 26.5 Å². The van der Waals surface area contributed by atoms with Gasteiger partial charge >= 0.3 is 5.97 Å². The third kappa shape index (κ3) is 5.04. The maximum atomic E-state index is 12.6. The summed E-state index contributed by atoms with van der Waals surface area (Å²) in [4.78, 5) is 35.8. The maximum absolute atomic E-state index is 12.6. The van der Waals surface area contributed by atoms with Gasteiger partial charge in [-0.05, 0) is 49.0 Å². The summed E-state index contributed by atoms with van der Waals surface area (Å²) >= 11 is 6.28. The van der Waals surface area contributed by atoms with E-state index in [1.165, 1.54) is 12.3 Å². The Bertz CT molecular complexity index is 996. The van der Waals surface area contributed by atoms with Crippen LogP contribution in [-0.4, -0.2) is 38.8 Å². The van der Waals surface area contributed by atoms with Crippen LogP contribution in [0.2, 0.25) is 0 Å². The zero-order chi connectivity index (χ0) is 21.0. The lowest BCUT2D eigenvalue weighted by Gasteiger charge is -2.15. The van der Waals surface area contributed by atoms with Crippen LogP contribution < -0.4 is 10.2 Å². The average molecular weight is 432 g/mol. The molecule has 1 aliphatic heterocycles. The number of hydrogen-bond acceptors (Lipinski definition) is 7. The van der Waals surface area contributed by atoms with Crippen molar-refractivity contribution >= 4 is 52.2 Å². The lowest BCUT2D eigenvalue weighted by molar-refractivity contribution is -0.137. The second-order valence-electron chi connectivity index (χ2n) is 5.91. The fraction of sp³-hybridized carbons (Fsp3) is 0.158. The van der Waals surface area contributed by atoms with E-state index in [0.29, 0.717) is 22.0 Å². The number of amides is 2. The minimum absolute atomic E-state index is 0.0726. The molecule has 0 unspecified atom stereocenters. The predicted molar refractivity (Wildman–Crippen MR) is 110 cm³/mol. The molecule has 0 atom stereocenters. The standard InChI is InChI=1S/C19H16N2O6S2/c1-11-14(6-8-26-11)17(24)20-21-18(25)15(29-19(21)28)10-12-2-4-13(5-3-12)27-9-7-16(22)23/h2-6,8,10H,7,9H2,1H3,(H,20,24)(H,22,23)/b15-10+. The van der Waals surface area contributed by atoms with Gasteiger partial charge in [0, 0.05) is 0 Å². The van der Waals surface area contributed by atoms with Crippen molar-refractivity contribution in [1.29, 1.82) is 0 Å². The molecule has 1 aliphatic rings. The second kappa shape index (κ2) is 8.93. The number of aryl methyl sites for hydroxylation is 1. The minimum Gasteiger partial charge on any atom is -0.493 e. The maximum Gasteiger partial charge on any atom is 0.306 e. The topological polar surface area (TPSA) is 109 Å². The number of nitrogens with one attached hydrogen (secondary N) is 1. The highest BCUT2D eigenvalue weighted by Crippen LogP contribution is 2.31. The van der Waals surface area contributed by atoms with Crippen LogP contribution in [0.15, 0.2) is 45.9 Å². The summed E-state index contributed by atoms with van der Waals surface area (Å²) in [5, 5.41) is 9.65. The van der Waals surface area contributed by atoms with Crippen molar-refractivity contribution in [2.45, 2.75) is 13.3 Å². The lowest BCUT2D eigenvalue weighted by atomic mass is 10.2. The Morgan fingerprint density at radius 3 is 2.66 bits per heavy atom. The Hall–Kier alpha value is -3.11. The van der Waals surface area contributed by atoms with E-state index in [1.54, 1.807) is 37.3 Å². The van der Waals surface area contributed by atoms with E-state index in [9.17, 15) is 14.4 Å². The molecule has 0 spiro atoms. The summed E-state index contributed by atoms with van der Waals surface area (Å²) in [6.07, 6.45) is 2.95. The molecule has 3 rings (SSSR count). The van der Waals surface area contributed by atoms with Gasteiger partial charge in [-0.3, -0.25) is 19.8 Å². The molecule has 2 heterocycles. The normalized spacial score (nSPS) is 15.1. The van der Waals surface area contributed by atoms with Crippen LogP contribution in [0, 0.1) is 6.92 Å². The van der Waals surface area contributed by atoms with Crippen molar-refractivity contribution in [1.82, 2.24) is 10.4 Å². The van der Waals surface area contributed by atoms with Crippen molar-refractivity contribution in [3.63, 3.8) is 0 Å². The largest absolute Gasteiger partial charge is 0.493 e. The van der Waals surface area contributed by atoms with E-state index in [0.717, 1.165) is 22.3 Å². The molecule has 2 N–H and O–H groups in total. The molecule has 2 amide bonds. The molecule has 1 saturated heterocycles. The molecular formula is C19H16N2O6S2. The van der Waals surface area contributed by atoms with Crippen molar-refractivity contribution < 1.29 is 28.6 Å². The number of hydrogen-bond donors (Lipinski definition) is 2. The lowest BCUT2D eigenvalue weighted by Crippen LogP contribution is -2.44. The van der Waals surface area contributed by atoms with E-state index >= 15 is 0 Å². The first-order valence-corrected chi connectivity index (χ1v) is 9.65. The average Bonchev–Trinajstić information content (AvgIpc) is 3.21. The molecular weight excluding hydrogens is 416 g/mol. The number of carbonyl (C=O) groups excluding carboxylic acids is 2. The number of carboxylic acid groups (broad SMARTS) is 1. The number of nitrogens with zero attached hydrogens (tertiary/aromatic N) is 1. The number of hydrazine groups is 1. The monoisotopic (exact) mass is 432 g/mol. The van der Waals surface area contributed by atoms with Crippen LogP contribution in [0.3, 0.4) is 0 Å². The zero-order valence-electron chi connectivity index (χ0n) is 15.2. The zero-order valence-corrected chi connectivity index (χ0v) is 16.8. The number of benzene rings is 1. The molecule has 1 fully saturated rings. The minimum atomic E-state index is -0.932. The van der Waals surface area contributed by atoms with Gasteiger partial charge in [-0.15, -0.1) is 0 Å². The van der Waals surface area contributed by atoms with Crippen molar-refractivity contribution in [3.8, 4) is 5.75 Å². The summed E-state index contributed by atoms with van der Waals surface area (Å²) in [7, 11) is 0. The number of carbonyl (C=O) groups is 3. The Morgan fingerprint density at radius 2 is 2.03 bits per heavy atom. The molecule has 1 aromatic heterocycles. The number of carboxylic acids is 1. The van der Waals surface area contributed by atoms with Crippen LogP contribution in [0.4, 0.5) is 0 Å². The smallest absolute Gasteiger partial charge is 0.306 e. The van der Waals surface area contributed by atoms with Crippen LogP contribution in [0.5, 0.6) is 5.75 Å². The van der Waals surface area contributed by atoms with E-state index < -0.39 is 17.8 Å². The van der Waals surface area contributed by atoms with Crippen LogP contribution in [0.1, 0.15) is 28.1 Å². The Morgan fingerprint density at radius 1 is 1.31 bits per heavy atom. The summed E-state index contributed by atoms with van der Waals surface area (Å²) in [5.41, 5.74) is 3.54. The number of rotatable bonds is 7. The Balaban J connectivity index is 1.65. The molecule has 1 aromatic carbocycles. The molecule has 0 radical (unpaired) electrons. The second-order valence-corrected chi connectivity index (χ2v) is 7.59. The third-order valence-electron chi connectivity index (χ3n) is 3.87. The van der Waals surface area contributed by atoms with Gasteiger partial charge in [0.2, 0.25) is 0 Å². The van der Waals surface area contributed by atoms with Gasteiger partial charge in [0.1, 0.15) is 11.5 Å². The number of aliphatic carboxylic acids is 1. The number of thiocarbonyl (C=S) groups is 1. The summed E-state index contributed by atoms with van der Waals surface area (Å²) in [6.45, 7) is 1.72.